The number of hydrogen-bond donors (Lipinski definition) is 1. The summed E-state index contributed by atoms with van der Waals surface area (Å²) in [6, 6.07) is 0.719. The summed E-state index contributed by atoms with van der Waals surface area (Å²) >= 11 is 0. The Labute approximate surface area is 103 Å². The quantitative estimate of drug-likeness (QED) is 0.820. The van der Waals surface area contributed by atoms with Crippen molar-refractivity contribution in [2.75, 3.05) is 7.11 Å². The van der Waals surface area contributed by atoms with E-state index in [9.17, 15) is 0 Å². The van der Waals surface area contributed by atoms with Crippen molar-refractivity contribution in [1.82, 2.24) is 15.3 Å². The van der Waals surface area contributed by atoms with Gasteiger partial charge in [-0.15, -0.1) is 0 Å². The molecule has 1 fully saturated rings. The fourth-order valence-electron chi connectivity index (χ4n) is 1.84. The smallest absolute Gasteiger partial charge is 0.157 e. The summed E-state index contributed by atoms with van der Waals surface area (Å²) in [6.07, 6.45) is 5.45. The maximum Gasteiger partial charge on any atom is 0.157 e. The summed E-state index contributed by atoms with van der Waals surface area (Å²) in [5.41, 5.74) is 2.24. The van der Waals surface area contributed by atoms with Crippen LogP contribution >= 0.6 is 0 Å². The van der Waals surface area contributed by atoms with Gasteiger partial charge in [0.15, 0.2) is 5.82 Å². The lowest BCUT2D eigenvalue weighted by Crippen LogP contribution is -2.17. The summed E-state index contributed by atoms with van der Waals surface area (Å²) in [6.45, 7) is 4.99. The van der Waals surface area contributed by atoms with E-state index in [-0.39, 0.29) is 6.10 Å². The highest BCUT2D eigenvalue weighted by Gasteiger charge is 2.20. The number of hydrogen-bond acceptors (Lipinski definition) is 4. The molecule has 2 rings (SSSR count). The van der Waals surface area contributed by atoms with Crippen LogP contribution in [0.5, 0.6) is 0 Å². The summed E-state index contributed by atoms with van der Waals surface area (Å²) in [7, 11) is 1.70. The molecule has 1 aliphatic carbocycles. The van der Waals surface area contributed by atoms with Crippen LogP contribution in [0.4, 0.5) is 0 Å². The van der Waals surface area contributed by atoms with E-state index in [4.69, 9.17) is 4.74 Å². The highest BCUT2D eigenvalue weighted by Crippen LogP contribution is 2.20. The Hall–Kier alpha value is -1.00. The average molecular weight is 235 g/mol. The highest BCUT2D eigenvalue weighted by atomic mass is 16.5. The molecule has 1 aliphatic rings. The highest BCUT2D eigenvalue weighted by molar-refractivity contribution is 5.17. The third kappa shape index (κ3) is 3.23. The third-order valence-electron chi connectivity index (χ3n) is 3.20. The summed E-state index contributed by atoms with van der Waals surface area (Å²) < 4.78 is 5.35. The van der Waals surface area contributed by atoms with Gasteiger partial charge in [0.25, 0.3) is 0 Å². The summed E-state index contributed by atoms with van der Waals surface area (Å²) in [5, 5.41) is 3.48. The predicted molar refractivity (Wildman–Crippen MR) is 66.7 cm³/mol. The molecule has 1 atom stereocenters. The standard InChI is InChI=1S/C13H21N3O/c1-4-12(17-3)13-15-8-10(9(2)16-13)7-14-11-5-6-11/h8,11-12,14H,4-7H2,1-3H3. The molecule has 0 amide bonds. The van der Waals surface area contributed by atoms with Gasteiger partial charge < -0.3 is 10.1 Å². The third-order valence-corrected chi connectivity index (χ3v) is 3.20. The van der Waals surface area contributed by atoms with Crippen molar-refractivity contribution < 1.29 is 4.74 Å². The summed E-state index contributed by atoms with van der Waals surface area (Å²) in [4.78, 5) is 8.94. The van der Waals surface area contributed by atoms with Crippen LogP contribution in [0.15, 0.2) is 6.20 Å². The van der Waals surface area contributed by atoms with Crippen LogP contribution in [0.3, 0.4) is 0 Å². The van der Waals surface area contributed by atoms with Gasteiger partial charge in [0.05, 0.1) is 0 Å². The van der Waals surface area contributed by atoms with Gasteiger partial charge in [-0.3, -0.25) is 0 Å². The average Bonchev–Trinajstić information content (AvgIpc) is 3.13. The number of methoxy groups -OCH3 is 1. The lowest BCUT2D eigenvalue weighted by atomic mass is 10.2. The molecule has 1 N–H and O–H groups in total. The SMILES string of the molecule is CCC(OC)c1ncc(CNC2CC2)c(C)n1. The van der Waals surface area contributed by atoms with Crippen LogP contribution < -0.4 is 5.32 Å². The molecule has 0 bridgehead atoms. The van der Waals surface area contributed by atoms with Crippen molar-refractivity contribution >= 4 is 0 Å². The van der Waals surface area contributed by atoms with E-state index in [1.54, 1.807) is 7.11 Å². The van der Waals surface area contributed by atoms with E-state index in [0.717, 1.165) is 30.5 Å². The maximum absolute atomic E-state index is 5.35. The zero-order valence-electron chi connectivity index (χ0n) is 10.9. The molecule has 1 aromatic heterocycles. The minimum Gasteiger partial charge on any atom is -0.373 e. The van der Waals surface area contributed by atoms with Gasteiger partial charge in [-0.05, 0) is 26.2 Å². The number of aromatic nitrogens is 2. The molecule has 0 aliphatic heterocycles. The first-order valence-corrected chi connectivity index (χ1v) is 6.33. The lowest BCUT2D eigenvalue weighted by Gasteiger charge is -2.13. The largest absolute Gasteiger partial charge is 0.373 e. The molecular weight excluding hydrogens is 214 g/mol. The molecule has 0 aromatic carbocycles. The Kier molecular flexibility index (Phi) is 4.07. The molecule has 17 heavy (non-hydrogen) atoms. The van der Waals surface area contributed by atoms with Crippen molar-refractivity contribution in [2.24, 2.45) is 0 Å². The topological polar surface area (TPSA) is 47.0 Å². The molecule has 4 heteroatoms. The molecule has 0 radical (unpaired) electrons. The van der Waals surface area contributed by atoms with Gasteiger partial charge in [-0.2, -0.15) is 0 Å². The molecule has 0 spiro atoms. The molecular formula is C13H21N3O. The minimum atomic E-state index is 0.0131. The number of nitrogens with zero attached hydrogens (tertiary/aromatic N) is 2. The molecule has 4 nitrogen and oxygen atoms in total. The Morgan fingerprint density at radius 2 is 2.29 bits per heavy atom. The van der Waals surface area contributed by atoms with E-state index in [1.165, 1.54) is 18.4 Å². The molecule has 94 valence electrons. The number of rotatable bonds is 6. The van der Waals surface area contributed by atoms with Crippen molar-refractivity contribution in [3.63, 3.8) is 0 Å². The van der Waals surface area contributed by atoms with Crippen molar-refractivity contribution in [1.29, 1.82) is 0 Å². The van der Waals surface area contributed by atoms with Gasteiger partial charge in [-0.1, -0.05) is 6.92 Å². The Bertz CT molecular complexity index is 373. The lowest BCUT2D eigenvalue weighted by molar-refractivity contribution is 0.0923. The second kappa shape index (κ2) is 5.56. The van der Waals surface area contributed by atoms with Gasteiger partial charge >= 0.3 is 0 Å². The second-order valence-corrected chi connectivity index (χ2v) is 4.63. The molecule has 0 saturated heterocycles. The van der Waals surface area contributed by atoms with Crippen LogP contribution in [0.2, 0.25) is 0 Å². The van der Waals surface area contributed by atoms with E-state index in [1.807, 2.05) is 13.1 Å². The number of ether oxygens (including phenoxy) is 1. The molecule has 1 heterocycles. The van der Waals surface area contributed by atoms with Gasteiger partial charge in [0.2, 0.25) is 0 Å². The number of nitrogens with one attached hydrogen (secondary N) is 1. The Morgan fingerprint density at radius 1 is 1.53 bits per heavy atom. The van der Waals surface area contributed by atoms with E-state index >= 15 is 0 Å². The maximum atomic E-state index is 5.35. The first kappa shape index (κ1) is 12.5. The molecule has 1 unspecified atom stereocenters. The predicted octanol–water partition coefficient (Wildman–Crippen LogP) is 2.13. The van der Waals surface area contributed by atoms with E-state index < -0.39 is 0 Å². The van der Waals surface area contributed by atoms with E-state index in [2.05, 4.69) is 22.2 Å². The van der Waals surface area contributed by atoms with Crippen molar-refractivity contribution in [3.05, 3.63) is 23.3 Å². The van der Waals surface area contributed by atoms with Crippen LogP contribution in [0.25, 0.3) is 0 Å². The van der Waals surface area contributed by atoms with Crippen LogP contribution in [0, 0.1) is 6.92 Å². The normalized spacial score (nSPS) is 17.1. The van der Waals surface area contributed by atoms with Crippen molar-refractivity contribution in [2.45, 2.75) is 51.8 Å². The van der Waals surface area contributed by atoms with Crippen LogP contribution in [-0.4, -0.2) is 23.1 Å². The molecule has 1 saturated carbocycles. The Morgan fingerprint density at radius 3 is 2.82 bits per heavy atom. The molecule has 1 aromatic rings. The fourth-order valence-corrected chi connectivity index (χ4v) is 1.84. The van der Waals surface area contributed by atoms with E-state index in [0.29, 0.717) is 0 Å². The van der Waals surface area contributed by atoms with Crippen LogP contribution in [-0.2, 0) is 11.3 Å². The van der Waals surface area contributed by atoms with Gasteiger partial charge in [0.1, 0.15) is 6.10 Å². The summed E-state index contributed by atoms with van der Waals surface area (Å²) in [5.74, 6) is 0.794. The van der Waals surface area contributed by atoms with Crippen LogP contribution in [0.1, 0.15) is 49.4 Å². The second-order valence-electron chi connectivity index (χ2n) is 4.63. The first-order chi connectivity index (χ1) is 8.24. The first-order valence-electron chi connectivity index (χ1n) is 6.33. The van der Waals surface area contributed by atoms with Crippen molar-refractivity contribution in [3.8, 4) is 0 Å². The monoisotopic (exact) mass is 235 g/mol. The fraction of sp³-hybridized carbons (Fsp3) is 0.692. The zero-order valence-corrected chi connectivity index (χ0v) is 10.9. The van der Waals surface area contributed by atoms with Gasteiger partial charge in [0, 0.05) is 37.2 Å². The zero-order chi connectivity index (χ0) is 12.3. The van der Waals surface area contributed by atoms with Gasteiger partial charge in [-0.25, -0.2) is 9.97 Å². The minimum absolute atomic E-state index is 0.0131. The number of aryl methyl sites for hydroxylation is 1. The Balaban J connectivity index is 2.04.